The summed E-state index contributed by atoms with van der Waals surface area (Å²) in [4.78, 5) is 2.34. The minimum Gasteiger partial charge on any atom is -0.297 e. The molecular formula is C17H30FN3. The molecular weight excluding hydrogens is 265 g/mol. The third kappa shape index (κ3) is 3.44. The van der Waals surface area contributed by atoms with Crippen LogP contribution in [0.15, 0.2) is 12.1 Å². The summed E-state index contributed by atoms with van der Waals surface area (Å²) in [5.74, 6) is 5.67. The van der Waals surface area contributed by atoms with Crippen molar-refractivity contribution < 1.29 is 4.39 Å². The number of hydrazine groups is 1. The van der Waals surface area contributed by atoms with E-state index in [0.29, 0.717) is 5.56 Å². The lowest BCUT2D eigenvalue weighted by Gasteiger charge is -2.46. The zero-order chi connectivity index (χ0) is 16.2. The van der Waals surface area contributed by atoms with E-state index in [1.54, 1.807) is 6.07 Å². The number of likely N-dealkylation sites (N-methyl/N-ethyl adjacent to an activating group) is 1. The molecule has 21 heavy (non-hydrogen) atoms. The van der Waals surface area contributed by atoms with E-state index in [2.05, 4.69) is 38.0 Å². The normalized spacial score (nSPS) is 16.0. The summed E-state index contributed by atoms with van der Waals surface area (Å²) >= 11 is 0. The number of benzene rings is 1. The molecule has 120 valence electrons. The molecule has 3 nitrogen and oxygen atoms in total. The van der Waals surface area contributed by atoms with Gasteiger partial charge in [0.2, 0.25) is 0 Å². The van der Waals surface area contributed by atoms with Crippen molar-refractivity contribution in [3.05, 3.63) is 34.6 Å². The largest absolute Gasteiger partial charge is 0.297 e. The van der Waals surface area contributed by atoms with Crippen LogP contribution in [-0.4, -0.2) is 23.5 Å². The Morgan fingerprint density at radius 2 is 1.81 bits per heavy atom. The van der Waals surface area contributed by atoms with E-state index in [-0.39, 0.29) is 17.4 Å². The van der Waals surface area contributed by atoms with Crippen LogP contribution in [0.2, 0.25) is 0 Å². The average Bonchev–Trinajstić information content (AvgIpc) is 2.43. The van der Waals surface area contributed by atoms with Crippen molar-refractivity contribution in [1.82, 2.24) is 10.3 Å². The van der Waals surface area contributed by atoms with E-state index >= 15 is 0 Å². The average molecular weight is 295 g/mol. The number of nitrogens with one attached hydrogen (secondary N) is 1. The van der Waals surface area contributed by atoms with Gasteiger partial charge in [0.15, 0.2) is 0 Å². The lowest BCUT2D eigenvalue weighted by atomic mass is 9.81. The number of halogens is 1. The van der Waals surface area contributed by atoms with Gasteiger partial charge in [-0.1, -0.05) is 26.8 Å². The first-order chi connectivity index (χ1) is 9.85. The van der Waals surface area contributed by atoms with Crippen LogP contribution in [0, 0.1) is 19.7 Å². The van der Waals surface area contributed by atoms with Crippen molar-refractivity contribution in [2.24, 2.45) is 5.84 Å². The Kier molecular flexibility index (Phi) is 6.32. The topological polar surface area (TPSA) is 41.3 Å². The number of nitrogens with zero attached hydrogens (tertiary/aromatic N) is 1. The molecule has 0 aromatic heterocycles. The number of hydrogen-bond donors (Lipinski definition) is 2. The Bertz CT molecular complexity index is 448. The van der Waals surface area contributed by atoms with Crippen molar-refractivity contribution in [3.63, 3.8) is 0 Å². The highest BCUT2D eigenvalue weighted by Crippen LogP contribution is 2.36. The summed E-state index contributed by atoms with van der Waals surface area (Å²) in [5, 5.41) is 0. The van der Waals surface area contributed by atoms with Gasteiger partial charge in [-0.3, -0.25) is 16.2 Å². The first-order valence-corrected chi connectivity index (χ1v) is 7.83. The van der Waals surface area contributed by atoms with Crippen LogP contribution >= 0.6 is 0 Å². The zero-order valence-electron chi connectivity index (χ0n) is 14.3. The van der Waals surface area contributed by atoms with Crippen molar-refractivity contribution in [2.75, 3.05) is 13.1 Å². The summed E-state index contributed by atoms with van der Waals surface area (Å²) in [5.41, 5.74) is 5.20. The van der Waals surface area contributed by atoms with E-state index in [0.717, 1.165) is 30.6 Å². The van der Waals surface area contributed by atoms with Crippen LogP contribution in [0.5, 0.6) is 0 Å². The van der Waals surface area contributed by atoms with Crippen LogP contribution in [0.3, 0.4) is 0 Å². The van der Waals surface area contributed by atoms with Gasteiger partial charge in [-0.25, -0.2) is 4.39 Å². The highest BCUT2D eigenvalue weighted by atomic mass is 19.1. The van der Waals surface area contributed by atoms with Gasteiger partial charge >= 0.3 is 0 Å². The minimum atomic E-state index is -0.247. The molecule has 0 saturated heterocycles. The molecule has 1 rings (SSSR count). The maximum Gasteiger partial charge on any atom is 0.128 e. The molecule has 4 heteroatoms. The first-order valence-electron chi connectivity index (χ1n) is 7.83. The molecule has 0 fully saturated rings. The van der Waals surface area contributed by atoms with Gasteiger partial charge in [0.05, 0.1) is 6.04 Å². The Balaban J connectivity index is 3.41. The van der Waals surface area contributed by atoms with Crippen molar-refractivity contribution in [2.45, 2.75) is 59.5 Å². The Morgan fingerprint density at radius 3 is 2.19 bits per heavy atom. The van der Waals surface area contributed by atoms with E-state index in [9.17, 15) is 4.39 Å². The van der Waals surface area contributed by atoms with Crippen molar-refractivity contribution in [1.29, 1.82) is 0 Å². The number of aryl methyl sites for hydroxylation is 2. The highest BCUT2D eigenvalue weighted by Gasteiger charge is 2.39. The quantitative estimate of drug-likeness (QED) is 0.598. The minimum absolute atomic E-state index is 0.178. The standard InChI is InChI=1S/C17H30FN3/c1-7-17(6,21(8-2)9-3)16(20-19)15-13(5)10-12(4)11-14(15)18/h10-11,16,20H,7-9,19H2,1-6H3. The van der Waals surface area contributed by atoms with Gasteiger partial charge in [0.25, 0.3) is 0 Å². The number of nitrogens with two attached hydrogens (primary N) is 1. The predicted molar refractivity (Wildman–Crippen MR) is 87.6 cm³/mol. The maximum atomic E-state index is 14.6. The van der Waals surface area contributed by atoms with E-state index in [1.807, 2.05) is 19.9 Å². The van der Waals surface area contributed by atoms with Crippen LogP contribution in [0.1, 0.15) is 56.8 Å². The molecule has 0 aliphatic heterocycles. The van der Waals surface area contributed by atoms with Gasteiger partial charge in [-0.2, -0.15) is 0 Å². The lowest BCUT2D eigenvalue weighted by molar-refractivity contribution is 0.0682. The Labute approximate surface area is 128 Å². The maximum absolute atomic E-state index is 14.6. The van der Waals surface area contributed by atoms with Gasteiger partial charge in [-0.05, 0) is 57.5 Å². The summed E-state index contributed by atoms with van der Waals surface area (Å²) in [6.45, 7) is 14.2. The van der Waals surface area contributed by atoms with E-state index in [4.69, 9.17) is 5.84 Å². The summed E-state index contributed by atoms with van der Waals surface area (Å²) in [6.07, 6.45) is 0.885. The molecule has 3 N–H and O–H groups in total. The molecule has 2 unspecified atom stereocenters. The molecule has 0 bridgehead atoms. The third-order valence-electron chi connectivity index (χ3n) is 4.76. The molecule has 0 radical (unpaired) electrons. The summed E-state index contributed by atoms with van der Waals surface area (Å²) in [6, 6.07) is 3.36. The molecule has 0 aliphatic rings. The fourth-order valence-electron chi connectivity index (χ4n) is 3.42. The summed E-state index contributed by atoms with van der Waals surface area (Å²) in [7, 11) is 0. The second kappa shape index (κ2) is 7.34. The van der Waals surface area contributed by atoms with Crippen LogP contribution in [0.4, 0.5) is 4.39 Å². The van der Waals surface area contributed by atoms with Gasteiger partial charge in [0, 0.05) is 11.1 Å². The fraction of sp³-hybridized carbons (Fsp3) is 0.647. The molecule has 0 spiro atoms. The van der Waals surface area contributed by atoms with Gasteiger partial charge in [-0.15, -0.1) is 0 Å². The van der Waals surface area contributed by atoms with E-state index in [1.165, 1.54) is 0 Å². The second-order valence-corrected chi connectivity index (χ2v) is 5.96. The molecule has 1 aromatic rings. The predicted octanol–water partition coefficient (Wildman–Crippen LogP) is 3.46. The zero-order valence-corrected chi connectivity index (χ0v) is 14.3. The number of hydrogen-bond acceptors (Lipinski definition) is 3. The third-order valence-corrected chi connectivity index (χ3v) is 4.76. The molecule has 0 amide bonds. The van der Waals surface area contributed by atoms with Crippen LogP contribution < -0.4 is 11.3 Å². The van der Waals surface area contributed by atoms with Crippen LogP contribution in [0.25, 0.3) is 0 Å². The van der Waals surface area contributed by atoms with Crippen LogP contribution in [-0.2, 0) is 0 Å². The van der Waals surface area contributed by atoms with Crippen molar-refractivity contribution in [3.8, 4) is 0 Å². The molecule has 0 heterocycles. The Morgan fingerprint density at radius 1 is 1.24 bits per heavy atom. The monoisotopic (exact) mass is 295 g/mol. The smallest absolute Gasteiger partial charge is 0.128 e. The molecule has 1 aromatic carbocycles. The molecule has 0 aliphatic carbocycles. The molecule has 2 atom stereocenters. The number of rotatable bonds is 7. The fourth-order valence-corrected chi connectivity index (χ4v) is 3.42. The summed E-state index contributed by atoms with van der Waals surface area (Å²) < 4.78 is 14.6. The Hall–Kier alpha value is -0.970. The van der Waals surface area contributed by atoms with Gasteiger partial charge < -0.3 is 0 Å². The van der Waals surface area contributed by atoms with Crippen molar-refractivity contribution >= 4 is 0 Å². The first kappa shape index (κ1) is 18.1. The van der Waals surface area contributed by atoms with Gasteiger partial charge in [0.1, 0.15) is 5.82 Å². The molecule has 0 saturated carbocycles. The van der Waals surface area contributed by atoms with E-state index < -0.39 is 0 Å². The second-order valence-electron chi connectivity index (χ2n) is 5.96. The SMILES string of the molecule is CCN(CC)C(C)(CC)C(NN)c1c(C)cc(C)cc1F. The highest BCUT2D eigenvalue weighted by molar-refractivity contribution is 5.36. The lowest BCUT2D eigenvalue weighted by Crippen LogP contribution is -2.56.